The van der Waals surface area contributed by atoms with Crippen LogP contribution in [0.5, 0.6) is 0 Å². The van der Waals surface area contributed by atoms with Crippen molar-refractivity contribution >= 4 is 23.4 Å². The molecule has 3 nitrogen and oxygen atoms in total. The van der Waals surface area contributed by atoms with E-state index in [-0.39, 0.29) is 11.2 Å². The Balaban J connectivity index is 2.82. The van der Waals surface area contributed by atoms with Crippen LogP contribution in [0.3, 0.4) is 0 Å². The molecule has 0 saturated heterocycles. The lowest BCUT2D eigenvalue weighted by molar-refractivity contribution is -0.140. The Labute approximate surface area is 107 Å². The third kappa shape index (κ3) is 4.69. The van der Waals surface area contributed by atoms with E-state index >= 15 is 0 Å². The van der Waals surface area contributed by atoms with Crippen molar-refractivity contribution < 1.29 is 9.53 Å². The van der Waals surface area contributed by atoms with Crippen LogP contribution in [0.15, 0.2) is 24.3 Å². The van der Waals surface area contributed by atoms with Gasteiger partial charge in [0.05, 0.1) is 5.25 Å². The Hall–Kier alpha value is -1.16. The molecule has 1 unspecified atom stereocenters. The number of para-hydroxylation sites is 1. The van der Waals surface area contributed by atoms with Gasteiger partial charge in [-0.2, -0.15) is 0 Å². The van der Waals surface area contributed by atoms with Gasteiger partial charge in [0.25, 0.3) is 0 Å². The van der Waals surface area contributed by atoms with Crippen LogP contribution in [-0.2, 0) is 9.53 Å². The smallest absolute Gasteiger partial charge is 0.302 e. The fourth-order valence-electron chi connectivity index (χ4n) is 1.53. The lowest BCUT2D eigenvalue weighted by atomic mass is 10.1. The van der Waals surface area contributed by atoms with Gasteiger partial charge in [-0.3, -0.25) is 4.79 Å². The van der Waals surface area contributed by atoms with Gasteiger partial charge in [0.15, 0.2) is 0 Å². The summed E-state index contributed by atoms with van der Waals surface area (Å²) in [6.07, 6.45) is 0. The summed E-state index contributed by atoms with van der Waals surface area (Å²) >= 11 is 1.75. The van der Waals surface area contributed by atoms with Crippen molar-refractivity contribution in [1.29, 1.82) is 0 Å². The second-order valence-electron chi connectivity index (χ2n) is 4.10. The zero-order chi connectivity index (χ0) is 12.8. The first kappa shape index (κ1) is 13.9. The molecular formula is C13H19NO2S. The summed E-state index contributed by atoms with van der Waals surface area (Å²) in [5.74, 6) is -0.256. The molecule has 2 N–H and O–H groups in total. The largest absolute Gasteiger partial charge is 0.464 e. The van der Waals surface area contributed by atoms with E-state index in [0.29, 0.717) is 11.9 Å². The number of rotatable bonds is 5. The van der Waals surface area contributed by atoms with E-state index in [9.17, 15) is 4.79 Å². The quantitative estimate of drug-likeness (QED) is 0.647. The first-order valence-corrected chi connectivity index (χ1v) is 6.58. The van der Waals surface area contributed by atoms with Gasteiger partial charge >= 0.3 is 5.97 Å². The number of hydrogen-bond donors (Lipinski definition) is 1. The second kappa shape index (κ2) is 6.55. The van der Waals surface area contributed by atoms with Crippen LogP contribution in [-0.4, -0.2) is 17.8 Å². The van der Waals surface area contributed by atoms with Gasteiger partial charge in [-0.25, -0.2) is 0 Å². The van der Waals surface area contributed by atoms with Crippen LogP contribution in [0.25, 0.3) is 0 Å². The maximum Gasteiger partial charge on any atom is 0.302 e. The molecule has 0 radical (unpaired) electrons. The number of hydrogen-bond acceptors (Lipinski definition) is 4. The maximum absolute atomic E-state index is 10.9. The monoisotopic (exact) mass is 253 g/mol. The molecule has 1 rings (SSSR count). The Bertz CT molecular complexity index is 379. The van der Waals surface area contributed by atoms with E-state index in [2.05, 4.69) is 13.8 Å². The number of carbonyl (C=O) groups excluding carboxylic acids is 1. The molecule has 0 spiro atoms. The highest BCUT2D eigenvalue weighted by Crippen LogP contribution is 2.35. The van der Waals surface area contributed by atoms with Crippen LogP contribution >= 0.6 is 11.8 Å². The lowest BCUT2D eigenvalue weighted by Crippen LogP contribution is -2.11. The average molecular weight is 253 g/mol. The van der Waals surface area contributed by atoms with Gasteiger partial charge in [0, 0.05) is 12.6 Å². The van der Waals surface area contributed by atoms with Crippen LogP contribution in [0.4, 0.5) is 5.69 Å². The van der Waals surface area contributed by atoms with Crippen molar-refractivity contribution in [1.82, 2.24) is 0 Å². The van der Waals surface area contributed by atoms with Crippen molar-refractivity contribution in [3.05, 3.63) is 29.8 Å². The Kier molecular flexibility index (Phi) is 5.35. The molecule has 0 saturated carbocycles. The molecule has 0 aromatic heterocycles. The van der Waals surface area contributed by atoms with E-state index < -0.39 is 0 Å². The molecular weight excluding hydrogens is 234 g/mol. The standard InChI is InChI=1S/C13H19NO2S/c1-9(2)17-13(8-16-10(3)15)11-6-4-5-7-12(11)14/h4-7,9,13H,8,14H2,1-3H3. The van der Waals surface area contributed by atoms with Crippen molar-refractivity contribution in [2.24, 2.45) is 0 Å². The molecule has 1 atom stereocenters. The summed E-state index contributed by atoms with van der Waals surface area (Å²) in [4.78, 5) is 10.9. The van der Waals surface area contributed by atoms with Gasteiger partial charge in [-0.1, -0.05) is 32.0 Å². The van der Waals surface area contributed by atoms with Crippen LogP contribution in [0.2, 0.25) is 0 Å². The third-order valence-corrected chi connectivity index (χ3v) is 3.48. The van der Waals surface area contributed by atoms with Gasteiger partial charge < -0.3 is 10.5 Å². The topological polar surface area (TPSA) is 52.3 Å². The zero-order valence-electron chi connectivity index (χ0n) is 10.5. The summed E-state index contributed by atoms with van der Waals surface area (Å²) in [5.41, 5.74) is 7.73. The normalized spacial score (nSPS) is 12.5. The van der Waals surface area contributed by atoms with Crippen molar-refractivity contribution in [2.75, 3.05) is 12.3 Å². The second-order valence-corrected chi connectivity index (χ2v) is 5.89. The number of ether oxygens (including phenoxy) is 1. The first-order valence-electron chi connectivity index (χ1n) is 5.64. The molecule has 0 aliphatic rings. The van der Waals surface area contributed by atoms with E-state index in [4.69, 9.17) is 10.5 Å². The molecule has 0 aliphatic carbocycles. The van der Waals surface area contributed by atoms with E-state index in [1.165, 1.54) is 6.92 Å². The minimum Gasteiger partial charge on any atom is -0.464 e. The van der Waals surface area contributed by atoms with Gasteiger partial charge in [0.2, 0.25) is 0 Å². The van der Waals surface area contributed by atoms with E-state index in [1.54, 1.807) is 11.8 Å². The van der Waals surface area contributed by atoms with Crippen LogP contribution < -0.4 is 5.73 Å². The summed E-state index contributed by atoms with van der Waals surface area (Å²) < 4.78 is 5.10. The molecule has 1 aromatic rings. The minimum atomic E-state index is -0.256. The Morgan fingerprint density at radius 3 is 2.59 bits per heavy atom. The average Bonchev–Trinajstić information content (AvgIpc) is 2.24. The summed E-state index contributed by atoms with van der Waals surface area (Å²) in [6.45, 7) is 6.02. The highest BCUT2D eigenvalue weighted by atomic mass is 32.2. The summed E-state index contributed by atoms with van der Waals surface area (Å²) in [6, 6.07) is 7.71. The Morgan fingerprint density at radius 1 is 1.41 bits per heavy atom. The van der Waals surface area contributed by atoms with E-state index in [1.807, 2.05) is 24.3 Å². The van der Waals surface area contributed by atoms with Crippen molar-refractivity contribution in [3.8, 4) is 0 Å². The third-order valence-electron chi connectivity index (χ3n) is 2.22. The van der Waals surface area contributed by atoms with Crippen LogP contribution in [0, 0.1) is 0 Å². The lowest BCUT2D eigenvalue weighted by Gasteiger charge is -2.20. The van der Waals surface area contributed by atoms with Gasteiger partial charge in [-0.05, 0) is 16.9 Å². The summed E-state index contributed by atoms with van der Waals surface area (Å²) in [5, 5.41) is 0.551. The molecule has 0 amide bonds. The number of anilines is 1. The predicted octanol–water partition coefficient (Wildman–Crippen LogP) is 3.01. The molecule has 0 fully saturated rings. The number of nitrogen functional groups attached to an aromatic ring is 1. The number of nitrogens with two attached hydrogens (primary N) is 1. The summed E-state index contributed by atoms with van der Waals surface area (Å²) in [7, 11) is 0. The number of benzene rings is 1. The molecule has 0 aliphatic heterocycles. The molecule has 17 heavy (non-hydrogen) atoms. The number of carbonyl (C=O) groups is 1. The SMILES string of the molecule is CC(=O)OCC(SC(C)C)c1ccccc1N. The van der Waals surface area contributed by atoms with E-state index in [0.717, 1.165) is 11.3 Å². The first-order chi connectivity index (χ1) is 8.00. The molecule has 94 valence electrons. The fourth-order valence-corrected chi connectivity index (χ4v) is 2.69. The van der Waals surface area contributed by atoms with Gasteiger partial charge in [0.1, 0.15) is 6.61 Å². The maximum atomic E-state index is 10.9. The van der Waals surface area contributed by atoms with Crippen LogP contribution in [0.1, 0.15) is 31.6 Å². The molecule has 0 bridgehead atoms. The van der Waals surface area contributed by atoms with Crippen molar-refractivity contribution in [2.45, 2.75) is 31.3 Å². The molecule has 0 heterocycles. The molecule has 1 aromatic carbocycles. The highest BCUT2D eigenvalue weighted by Gasteiger charge is 2.17. The molecule has 4 heteroatoms. The fraction of sp³-hybridized carbons (Fsp3) is 0.462. The predicted molar refractivity (Wildman–Crippen MR) is 73.0 cm³/mol. The Morgan fingerprint density at radius 2 is 2.06 bits per heavy atom. The zero-order valence-corrected chi connectivity index (χ0v) is 11.3. The van der Waals surface area contributed by atoms with Gasteiger partial charge in [-0.15, -0.1) is 11.8 Å². The van der Waals surface area contributed by atoms with Crippen molar-refractivity contribution in [3.63, 3.8) is 0 Å². The highest BCUT2D eigenvalue weighted by molar-refractivity contribution is 8.00. The number of esters is 1. The number of thioether (sulfide) groups is 1. The minimum absolute atomic E-state index is 0.0973.